The lowest BCUT2D eigenvalue weighted by Crippen LogP contribution is -2.77. The minimum Gasteiger partial charge on any atom is -0.468 e. The lowest BCUT2D eigenvalue weighted by Gasteiger charge is -2.67. The Bertz CT molecular complexity index is 860. The summed E-state index contributed by atoms with van der Waals surface area (Å²) in [6, 6.07) is 1.69. The highest BCUT2D eigenvalue weighted by Gasteiger charge is 2.82. The SMILES string of the molecule is C[C@]12C(=O)OC3C[C@H]4c5occc5C(=O)C[C@H]4C4(CO[C@]1(O)C[C@H]4O)C32. The maximum Gasteiger partial charge on any atom is 0.318 e. The van der Waals surface area contributed by atoms with Crippen molar-refractivity contribution >= 4 is 11.8 Å². The van der Waals surface area contributed by atoms with Gasteiger partial charge >= 0.3 is 5.97 Å². The third-order valence-electron chi connectivity index (χ3n) is 8.12. The molecule has 7 nitrogen and oxygen atoms in total. The molecule has 7 heteroatoms. The van der Waals surface area contributed by atoms with Crippen molar-refractivity contribution in [3.05, 3.63) is 23.7 Å². The summed E-state index contributed by atoms with van der Waals surface area (Å²) >= 11 is 0. The van der Waals surface area contributed by atoms with Crippen molar-refractivity contribution in [1.82, 2.24) is 0 Å². The molecular weight excluding hydrogens is 340 g/mol. The topological polar surface area (TPSA) is 106 Å². The monoisotopic (exact) mass is 360 g/mol. The Morgan fingerprint density at radius 1 is 1.31 bits per heavy atom. The molecule has 0 aromatic carbocycles. The predicted octanol–water partition coefficient (Wildman–Crippen LogP) is 0.987. The van der Waals surface area contributed by atoms with Crippen LogP contribution in [0.15, 0.2) is 16.7 Å². The second-order valence-electron chi connectivity index (χ2n) is 8.80. The molecule has 2 N–H and O–H groups in total. The molecule has 1 aromatic heterocycles. The number of hydrogen-bond donors (Lipinski definition) is 2. The van der Waals surface area contributed by atoms with Crippen LogP contribution in [0.1, 0.15) is 48.2 Å². The maximum absolute atomic E-state index is 12.8. The molecule has 26 heavy (non-hydrogen) atoms. The van der Waals surface area contributed by atoms with Gasteiger partial charge in [0, 0.05) is 30.1 Å². The molecule has 138 valence electrons. The van der Waals surface area contributed by atoms with Gasteiger partial charge in [0.15, 0.2) is 11.6 Å². The number of furan rings is 1. The third kappa shape index (κ3) is 1.33. The average Bonchev–Trinajstić information content (AvgIpc) is 3.17. The first-order valence-corrected chi connectivity index (χ1v) is 9.19. The highest BCUT2D eigenvalue weighted by atomic mass is 16.6. The third-order valence-corrected chi connectivity index (χ3v) is 8.12. The van der Waals surface area contributed by atoms with E-state index in [4.69, 9.17) is 13.9 Å². The number of Topliss-reactive ketones (excluding diaryl/α,β-unsaturated/α-hetero) is 1. The van der Waals surface area contributed by atoms with Crippen molar-refractivity contribution in [1.29, 1.82) is 0 Å². The number of rotatable bonds is 0. The molecule has 0 amide bonds. The van der Waals surface area contributed by atoms with Gasteiger partial charge in [0.2, 0.25) is 0 Å². The van der Waals surface area contributed by atoms with E-state index in [0.717, 1.165) is 0 Å². The molecule has 4 heterocycles. The van der Waals surface area contributed by atoms with Crippen molar-refractivity contribution in [2.75, 3.05) is 6.61 Å². The Kier molecular flexibility index (Phi) is 2.50. The van der Waals surface area contributed by atoms with E-state index in [0.29, 0.717) is 17.7 Å². The molecule has 2 saturated carbocycles. The van der Waals surface area contributed by atoms with Gasteiger partial charge in [-0.2, -0.15) is 0 Å². The number of carbonyl (C=O) groups is 2. The van der Waals surface area contributed by atoms with Crippen LogP contribution in [0, 0.1) is 22.7 Å². The summed E-state index contributed by atoms with van der Waals surface area (Å²) in [4.78, 5) is 25.5. The largest absolute Gasteiger partial charge is 0.468 e. The average molecular weight is 360 g/mol. The van der Waals surface area contributed by atoms with Crippen LogP contribution in [-0.2, 0) is 14.3 Å². The van der Waals surface area contributed by atoms with Crippen LogP contribution in [0.3, 0.4) is 0 Å². The van der Waals surface area contributed by atoms with Crippen LogP contribution in [0.4, 0.5) is 0 Å². The zero-order valence-electron chi connectivity index (χ0n) is 14.3. The molecule has 0 radical (unpaired) electrons. The Balaban J connectivity index is 1.59. The van der Waals surface area contributed by atoms with Crippen LogP contribution in [-0.4, -0.2) is 46.6 Å². The molecule has 6 aliphatic rings. The van der Waals surface area contributed by atoms with E-state index in [1.165, 1.54) is 6.26 Å². The van der Waals surface area contributed by atoms with Gasteiger partial charge in [-0.05, 0) is 25.3 Å². The van der Waals surface area contributed by atoms with Crippen molar-refractivity contribution < 1.29 is 33.7 Å². The van der Waals surface area contributed by atoms with Gasteiger partial charge in [-0.1, -0.05) is 0 Å². The second-order valence-corrected chi connectivity index (χ2v) is 8.80. The quantitative estimate of drug-likeness (QED) is 0.665. The fraction of sp³-hybridized carbons (Fsp3) is 0.684. The highest BCUT2D eigenvalue weighted by molar-refractivity contribution is 5.98. The van der Waals surface area contributed by atoms with Gasteiger partial charge in [-0.3, -0.25) is 9.59 Å². The van der Waals surface area contributed by atoms with Crippen molar-refractivity contribution in [3.8, 4) is 0 Å². The van der Waals surface area contributed by atoms with Gasteiger partial charge < -0.3 is 24.1 Å². The smallest absolute Gasteiger partial charge is 0.318 e. The normalized spacial score (nSPS) is 53.7. The molecule has 2 bridgehead atoms. The van der Waals surface area contributed by atoms with E-state index in [2.05, 4.69) is 0 Å². The van der Waals surface area contributed by atoms with Gasteiger partial charge in [0.25, 0.3) is 0 Å². The summed E-state index contributed by atoms with van der Waals surface area (Å²) in [5.41, 5.74) is -1.45. The van der Waals surface area contributed by atoms with Gasteiger partial charge in [-0.15, -0.1) is 0 Å². The minimum absolute atomic E-state index is 0.00613. The Morgan fingerprint density at radius 2 is 2.12 bits per heavy atom. The van der Waals surface area contributed by atoms with Gasteiger partial charge in [0.1, 0.15) is 17.3 Å². The lowest BCUT2D eigenvalue weighted by molar-refractivity contribution is -0.398. The minimum atomic E-state index is -1.73. The first-order valence-electron chi connectivity index (χ1n) is 9.19. The number of hydrogen-bond acceptors (Lipinski definition) is 7. The predicted molar refractivity (Wildman–Crippen MR) is 83.9 cm³/mol. The molecule has 1 aromatic rings. The van der Waals surface area contributed by atoms with Crippen LogP contribution in [0.5, 0.6) is 0 Å². The highest BCUT2D eigenvalue weighted by Crippen LogP contribution is 2.73. The van der Waals surface area contributed by atoms with Crippen molar-refractivity contribution in [2.24, 2.45) is 22.7 Å². The van der Waals surface area contributed by atoms with Crippen LogP contribution < -0.4 is 0 Å². The molecule has 3 saturated heterocycles. The summed E-state index contributed by atoms with van der Waals surface area (Å²) in [7, 11) is 0. The summed E-state index contributed by atoms with van der Waals surface area (Å²) < 4.78 is 17.2. The molecule has 3 aliphatic heterocycles. The maximum atomic E-state index is 12.8. The van der Waals surface area contributed by atoms with E-state index in [-0.39, 0.29) is 43.0 Å². The Labute approximate surface area is 149 Å². The fourth-order valence-corrected chi connectivity index (χ4v) is 6.95. The first kappa shape index (κ1) is 15.4. The molecule has 7 rings (SSSR count). The van der Waals surface area contributed by atoms with Gasteiger partial charge in [0.05, 0.1) is 24.5 Å². The van der Waals surface area contributed by atoms with E-state index >= 15 is 0 Å². The molecular formula is C19H20O7. The number of aliphatic hydroxyl groups excluding tert-OH is 1. The van der Waals surface area contributed by atoms with E-state index in [1.54, 1.807) is 13.0 Å². The summed E-state index contributed by atoms with van der Waals surface area (Å²) in [6.07, 6.45) is 0.995. The van der Waals surface area contributed by atoms with Crippen LogP contribution >= 0.6 is 0 Å². The van der Waals surface area contributed by atoms with Crippen molar-refractivity contribution in [3.63, 3.8) is 0 Å². The molecule has 3 aliphatic carbocycles. The number of ketones is 1. The van der Waals surface area contributed by atoms with Crippen LogP contribution in [0.2, 0.25) is 0 Å². The van der Waals surface area contributed by atoms with E-state index in [1.807, 2.05) is 0 Å². The molecule has 8 atom stereocenters. The molecule has 1 spiro atoms. The summed E-state index contributed by atoms with van der Waals surface area (Å²) in [6.45, 7) is 1.80. The van der Waals surface area contributed by atoms with E-state index in [9.17, 15) is 19.8 Å². The molecule has 5 fully saturated rings. The first-order chi connectivity index (χ1) is 12.3. The fourth-order valence-electron chi connectivity index (χ4n) is 6.95. The number of ether oxygens (including phenoxy) is 2. The number of esters is 1. The second kappa shape index (κ2) is 4.24. The van der Waals surface area contributed by atoms with E-state index < -0.39 is 34.8 Å². The number of fused-ring (bicyclic) bond motifs is 5. The zero-order chi connectivity index (χ0) is 18.1. The number of carbonyl (C=O) groups excluding carboxylic acids is 2. The van der Waals surface area contributed by atoms with Gasteiger partial charge in [-0.25, -0.2) is 0 Å². The lowest BCUT2D eigenvalue weighted by atomic mass is 9.40. The zero-order valence-corrected chi connectivity index (χ0v) is 14.3. The van der Waals surface area contributed by atoms with Crippen LogP contribution in [0.25, 0.3) is 0 Å². The molecule has 3 unspecified atom stereocenters. The summed E-state index contributed by atoms with van der Waals surface area (Å²) in [5, 5.41) is 22.1. The Hall–Kier alpha value is -1.70. The summed E-state index contributed by atoms with van der Waals surface area (Å²) in [5.74, 6) is -2.28. The standard InChI is InChI=1S/C19H20O7/c1-17-15-12(26-16(17)22)4-9-10(5-11(20)8-2-3-24-14(8)9)18(15)7-25-19(17,23)6-13(18)21/h2-3,9-10,12-13,15,21,23H,4-7H2,1H3/t9-,10-,12?,13-,15?,17+,18?,19-/m1/s1. The number of aliphatic hydroxyl groups is 2. The van der Waals surface area contributed by atoms with Crippen molar-refractivity contribution in [2.45, 2.75) is 50.1 Å². The Morgan fingerprint density at radius 3 is 2.88 bits per heavy atom.